The summed E-state index contributed by atoms with van der Waals surface area (Å²) in [6.45, 7) is 12.1. The van der Waals surface area contributed by atoms with E-state index in [2.05, 4.69) is 50.1 Å². The van der Waals surface area contributed by atoms with E-state index in [0.717, 1.165) is 35.8 Å². The average Bonchev–Trinajstić information content (AvgIpc) is 2.65. The summed E-state index contributed by atoms with van der Waals surface area (Å²) < 4.78 is 0. The molecule has 1 aromatic heterocycles. The zero-order chi connectivity index (χ0) is 12.9. The summed E-state index contributed by atoms with van der Waals surface area (Å²) in [5, 5.41) is 14.5. The second kappa shape index (κ2) is 6.45. The van der Waals surface area contributed by atoms with E-state index in [1.165, 1.54) is 0 Å². The van der Waals surface area contributed by atoms with Gasteiger partial charge in [-0.3, -0.25) is 0 Å². The molecule has 1 rings (SSSR count). The van der Waals surface area contributed by atoms with Gasteiger partial charge in [0, 0.05) is 6.42 Å². The minimum absolute atomic E-state index is 0.287. The Morgan fingerprint density at radius 1 is 1.24 bits per heavy atom. The van der Waals surface area contributed by atoms with E-state index in [-0.39, 0.29) is 5.41 Å². The summed E-state index contributed by atoms with van der Waals surface area (Å²) in [6.07, 6.45) is 3.24. The Morgan fingerprint density at radius 2 is 1.94 bits per heavy atom. The summed E-state index contributed by atoms with van der Waals surface area (Å²) in [4.78, 5) is 0. The molecule has 0 aliphatic rings. The second-order valence-corrected chi connectivity index (χ2v) is 6.78. The molecule has 3 nitrogen and oxygen atoms in total. The van der Waals surface area contributed by atoms with Gasteiger partial charge in [0.1, 0.15) is 10.0 Å². The lowest BCUT2D eigenvalue weighted by atomic mass is 9.93. The standard InChI is InChI=1S/C13H25N3S/c1-6-8-14-10(7-2)12-16-15-11(17-12)9-13(3,4)5/h10,14H,6-9H2,1-5H3. The molecular weight excluding hydrogens is 230 g/mol. The molecule has 0 fully saturated rings. The molecule has 0 bridgehead atoms. The van der Waals surface area contributed by atoms with Crippen molar-refractivity contribution < 1.29 is 0 Å². The topological polar surface area (TPSA) is 37.8 Å². The van der Waals surface area contributed by atoms with Gasteiger partial charge in [0.2, 0.25) is 0 Å². The quantitative estimate of drug-likeness (QED) is 0.844. The van der Waals surface area contributed by atoms with Gasteiger partial charge in [0.15, 0.2) is 0 Å². The SMILES string of the molecule is CCCNC(CC)c1nnc(CC(C)(C)C)s1. The van der Waals surface area contributed by atoms with Crippen LogP contribution in [0.1, 0.15) is 63.5 Å². The Morgan fingerprint density at radius 3 is 2.47 bits per heavy atom. The van der Waals surface area contributed by atoms with E-state index in [9.17, 15) is 0 Å². The molecule has 1 unspecified atom stereocenters. The summed E-state index contributed by atoms with van der Waals surface area (Å²) in [7, 11) is 0. The van der Waals surface area contributed by atoms with Gasteiger partial charge in [-0.2, -0.15) is 0 Å². The summed E-state index contributed by atoms with van der Waals surface area (Å²) in [5.74, 6) is 0. The molecule has 1 heterocycles. The van der Waals surface area contributed by atoms with Crippen molar-refractivity contribution >= 4 is 11.3 Å². The fourth-order valence-corrected chi connectivity index (χ4v) is 2.96. The Hall–Kier alpha value is -0.480. The first-order valence-corrected chi connectivity index (χ1v) is 7.33. The van der Waals surface area contributed by atoms with Gasteiger partial charge in [0.05, 0.1) is 6.04 Å². The lowest BCUT2D eigenvalue weighted by Crippen LogP contribution is -2.21. The molecular formula is C13H25N3S. The van der Waals surface area contributed by atoms with Crippen LogP contribution < -0.4 is 5.32 Å². The van der Waals surface area contributed by atoms with Crippen molar-refractivity contribution in [2.45, 2.75) is 59.9 Å². The van der Waals surface area contributed by atoms with Gasteiger partial charge in [-0.25, -0.2) is 0 Å². The normalized spacial score (nSPS) is 13.9. The number of hydrogen-bond acceptors (Lipinski definition) is 4. The maximum Gasteiger partial charge on any atom is 0.134 e. The minimum atomic E-state index is 0.287. The highest BCUT2D eigenvalue weighted by Crippen LogP contribution is 2.26. The van der Waals surface area contributed by atoms with Crippen LogP contribution in [0, 0.1) is 5.41 Å². The first-order chi connectivity index (χ1) is 7.96. The van der Waals surface area contributed by atoms with Crippen LogP contribution in [0.5, 0.6) is 0 Å². The Kier molecular flexibility index (Phi) is 5.53. The van der Waals surface area contributed by atoms with Crippen molar-refractivity contribution in [1.29, 1.82) is 0 Å². The molecule has 1 aromatic rings. The predicted molar refractivity (Wildman–Crippen MR) is 74.4 cm³/mol. The largest absolute Gasteiger partial charge is 0.308 e. The molecule has 0 aliphatic heterocycles. The molecule has 0 saturated carbocycles. The van der Waals surface area contributed by atoms with Crippen LogP contribution in [0.3, 0.4) is 0 Å². The van der Waals surface area contributed by atoms with Crippen molar-refractivity contribution in [2.75, 3.05) is 6.54 Å². The third kappa shape index (κ3) is 5.13. The third-order valence-electron chi connectivity index (χ3n) is 2.51. The highest BCUT2D eigenvalue weighted by Gasteiger charge is 2.18. The highest BCUT2D eigenvalue weighted by atomic mass is 32.1. The molecule has 0 saturated heterocycles. The molecule has 98 valence electrons. The summed E-state index contributed by atoms with van der Waals surface area (Å²) >= 11 is 1.76. The van der Waals surface area contributed by atoms with Crippen LogP contribution in [0.15, 0.2) is 0 Å². The van der Waals surface area contributed by atoms with Gasteiger partial charge < -0.3 is 5.32 Å². The number of aromatic nitrogens is 2. The van der Waals surface area contributed by atoms with Crippen molar-refractivity contribution in [2.24, 2.45) is 5.41 Å². The van der Waals surface area contributed by atoms with E-state index in [1.54, 1.807) is 11.3 Å². The third-order valence-corrected chi connectivity index (χ3v) is 3.55. The van der Waals surface area contributed by atoms with Crippen molar-refractivity contribution in [3.8, 4) is 0 Å². The van der Waals surface area contributed by atoms with Crippen LogP contribution in [-0.2, 0) is 6.42 Å². The molecule has 17 heavy (non-hydrogen) atoms. The monoisotopic (exact) mass is 255 g/mol. The highest BCUT2D eigenvalue weighted by molar-refractivity contribution is 7.11. The number of hydrogen-bond donors (Lipinski definition) is 1. The van der Waals surface area contributed by atoms with Gasteiger partial charge >= 0.3 is 0 Å². The van der Waals surface area contributed by atoms with Crippen LogP contribution >= 0.6 is 11.3 Å². The maximum atomic E-state index is 4.33. The van der Waals surface area contributed by atoms with E-state index in [0.29, 0.717) is 6.04 Å². The number of nitrogens with zero attached hydrogens (tertiary/aromatic N) is 2. The van der Waals surface area contributed by atoms with E-state index >= 15 is 0 Å². The van der Waals surface area contributed by atoms with Crippen LogP contribution in [0.4, 0.5) is 0 Å². The Bertz CT molecular complexity index is 328. The van der Waals surface area contributed by atoms with Gasteiger partial charge in [-0.05, 0) is 24.8 Å². The van der Waals surface area contributed by atoms with Crippen molar-refractivity contribution in [1.82, 2.24) is 15.5 Å². The number of rotatable bonds is 6. The molecule has 0 aliphatic carbocycles. The summed E-state index contributed by atoms with van der Waals surface area (Å²) in [5.41, 5.74) is 0.287. The van der Waals surface area contributed by atoms with Gasteiger partial charge in [0.25, 0.3) is 0 Å². The summed E-state index contributed by atoms with van der Waals surface area (Å²) in [6, 6.07) is 0.376. The van der Waals surface area contributed by atoms with Crippen molar-refractivity contribution in [3.05, 3.63) is 10.0 Å². The number of nitrogens with one attached hydrogen (secondary N) is 1. The van der Waals surface area contributed by atoms with Crippen LogP contribution in [0.2, 0.25) is 0 Å². The second-order valence-electron chi connectivity index (χ2n) is 5.69. The van der Waals surface area contributed by atoms with E-state index in [4.69, 9.17) is 0 Å². The van der Waals surface area contributed by atoms with E-state index < -0.39 is 0 Å². The smallest absolute Gasteiger partial charge is 0.134 e. The molecule has 1 atom stereocenters. The van der Waals surface area contributed by atoms with Crippen LogP contribution in [0.25, 0.3) is 0 Å². The molecule has 4 heteroatoms. The Labute approximate surface area is 109 Å². The van der Waals surface area contributed by atoms with Crippen molar-refractivity contribution in [3.63, 3.8) is 0 Å². The van der Waals surface area contributed by atoms with Gasteiger partial charge in [-0.15, -0.1) is 10.2 Å². The average molecular weight is 255 g/mol. The molecule has 0 spiro atoms. The molecule has 0 amide bonds. The Balaban J connectivity index is 2.65. The zero-order valence-electron chi connectivity index (χ0n) is 11.7. The lowest BCUT2D eigenvalue weighted by molar-refractivity contribution is 0.409. The molecule has 0 radical (unpaired) electrons. The fraction of sp³-hybridized carbons (Fsp3) is 0.846. The lowest BCUT2D eigenvalue weighted by Gasteiger charge is -2.15. The first kappa shape index (κ1) is 14.6. The maximum absolute atomic E-state index is 4.33. The van der Waals surface area contributed by atoms with Crippen LogP contribution in [-0.4, -0.2) is 16.7 Å². The molecule has 1 N–H and O–H groups in total. The minimum Gasteiger partial charge on any atom is -0.308 e. The predicted octanol–water partition coefficient (Wildman–Crippen LogP) is 3.58. The molecule has 0 aromatic carbocycles. The van der Waals surface area contributed by atoms with Gasteiger partial charge in [-0.1, -0.05) is 46.0 Å². The fourth-order valence-electron chi connectivity index (χ4n) is 1.66. The van der Waals surface area contributed by atoms with E-state index in [1.807, 2.05) is 0 Å². The first-order valence-electron chi connectivity index (χ1n) is 6.52. The zero-order valence-corrected chi connectivity index (χ0v) is 12.5.